The summed E-state index contributed by atoms with van der Waals surface area (Å²) in [6.07, 6.45) is -0.922. The molecular weight excluding hydrogens is 246 g/mol. The molecule has 0 aliphatic heterocycles. The summed E-state index contributed by atoms with van der Waals surface area (Å²) in [7, 11) is 1.54. The zero-order chi connectivity index (χ0) is 14.4. The molecule has 5 nitrogen and oxygen atoms in total. The number of carboxylic acid groups (broad SMARTS) is 1. The molecule has 0 aliphatic carbocycles. The molecule has 0 saturated carbocycles. The van der Waals surface area contributed by atoms with Gasteiger partial charge < -0.3 is 19.9 Å². The number of benzene rings is 1. The second-order valence-corrected chi connectivity index (χ2v) is 4.58. The van der Waals surface area contributed by atoms with Gasteiger partial charge in [0.15, 0.2) is 17.6 Å². The van der Waals surface area contributed by atoms with E-state index in [2.05, 4.69) is 5.32 Å². The summed E-state index contributed by atoms with van der Waals surface area (Å²) < 4.78 is 10.7. The molecule has 0 spiro atoms. The summed E-state index contributed by atoms with van der Waals surface area (Å²) in [5, 5.41) is 12.2. The largest absolute Gasteiger partial charge is 0.493 e. The lowest BCUT2D eigenvalue weighted by Crippen LogP contribution is -2.26. The molecule has 1 unspecified atom stereocenters. The standard InChI is InChI=1S/C14H21NO4/c1-9(2)15-8-11-6-5-7-12(18-4)13(11)19-10(3)14(16)17/h5-7,9-10,15H,8H2,1-4H3,(H,16,17). The van der Waals surface area contributed by atoms with Crippen molar-refractivity contribution in [1.29, 1.82) is 0 Å². The zero-order valence-electron chi connectivity index (χ0n) is 11.8. The fraction of sp³-hybridized carbons (Fsp3) is 0.500. The highest BCUT2D eigenvalue weighted by molar-refractivity contribution is 5.72. The van der Waals surface area contributed by atoms with Crippen molar-refractivity contribution in [3.63, 3.8) is 0 Å². The zero-order valence-corrected chi connectivity index (χ0v) is 11.8. The molecule has 0 fully saturated rings. The molecule has 0 radical (unpaired) electrons. The monoisotopic (exact) mass is 267 g/mol. The van der Waals surface area contributed by atoms with Gasteiger partial charge in [-0.25, -0.2) is 4.79 Å². The molecule has 5 heteroatoms. The van der Waals surface area contributed by atoms with Gasteiger partial charge >= 0.3 is 5.97 Å². The Balaban J connectivity index is 2.98. The first-order valence-electron chi connectivity index (χ1n) is 6.24. The minimum Gasteiger partial charge on any atom is -0.493 e. The van der Waals surface area contributed by atoms with Crippen LogP contribution in [0, 0.1) is 0 Å². The first kappa shape index (κ1) is 15.3. The van der Waals surface area contributed by atoms with E-state index < -0.39 is 12.1 Å². The van der Waals surface area contributed by atoms with Crippen LogP contribution in [0.3, 0.4) is 0 Å². The van der Waals surface area contributed by atoms with Crippen LogP contribution in [0.1, 0.15) is 26.3 Å². The summed E-state index contributed by atoms with van der Waals surface area (Å²) in [6, 6.07) is 5.83. The number of rotatable bonds is 7. The van der Waals surface area contributed by atoms with Gasteiger partial charge in [-0.15, -0.1) is 0 Å². The number of nitrogens with one attached hydrogen (secondary N) is 1. The summed E-state index contributed by atoms with van der Waals surface area (Å²) in [5.74, 6) is 0.0119. The topological polar surface area (TPSA) is 67.8 Å². The van der Waals surface area contributed by atoms with Crippen molar-refractivity contribution in [1.82, 2.24) is 5.32 Å². The summed E-state index contributed by atoms with van der Waals surface area (Å²) in [6.45, 7) is 6.17. The van der Waals surface area contributed by atoms with Crippen LogP contribution in [0.25, 0.3) is 0 Å². The average molecular weight is 267 g/mol. The van der Waals surface area contributed by atoms with E-state index in [1.54, 1.807) is 6.07 Å². The molecule has 1 aromatic carbocycles. The van der Waals surface area contributed by atoms with E-state index in [9.17, 15) is 4.79 Å². The Morgan fingerprint density at radius 2 is 2.05 bits per heavy atom. The van der Waals surface area contributed by atoms with E-state index in [1.165, 1.54) is 14.0 Å². The Kier molecular flexibility index (Phi) is 5.63. The number of hydrogen-bond acceptors (Lipinski definition) is 4. The molecule has 106 valence electrons. The van der Waals surface area contributed by atoms with Gasteiger partial charge in [0.05, 0.1) is 7.11 Å². The lowest BCUT2D eigenvalue weighted by atomic mass is 10.1. The maximum Gasteiger partial charge on any atom is 0.344 e. The first-order valence-corrected chi connectivity index (χ1v) is 6.24. The third kappa shape index (κ3) is 4.44. The Labute approximate surface area is 113 Å². The van der Waals surface area contributed by atoms with Crippen LogP contribution >= 0.6 is 0 Å². The van der Waals surface area contributed by atoms with E-state index >= 15 is 0 Å². The molecular formula is C14H21NO4. The third-order valence-electron chi connectivity index (χ3n) is 2.62. The van der Waals surface area contributed by atoms with Crippen molar-refractivity contribution in [2.45, 2.75) is 39.5 Å². The third-order valence-corrected chi connectivity index (χ3v) is 2.62. The quantitative estimate of drug-likeness (QED) is 0.791. The highest BCUT2D eigenvalue weighted by Crippen LogP contribution is 2.32. The van der Waals surface area contributed by atoms with Crippen molar-refractivity contribution in [2.24, 2.45) is 0 Å². The molecule has 1 atom stereocenters. The van der Waals surface area contributed by atoms with Crippen LogP contribution in [-0.4, -0.2) is 30.3 Å². The molecule has 0 saturated heterocycles. The second-order valence-electron chi connectivity index (χ2n) is 4.58. The Bertz CT molecular complexity index is 431. The molecule has 1 aromatic rings. The molecule has 0 amide bonds. The van der Waals surface area contributed by atoms with E-state index in [4.69, 9.17) is 14.6 Å². The van der Waals surface area contributed by atoms with E-state index in [-0.39, 0.29) is 0 Å². The van der Waals surface area contributed by atoms with Crippen molar-refractivity contribution in [3.8, 4) is 11.5 Å². The maximum absolute atomic E-state index is 10.9. The predicted octanol–water partition coefficient (Wildman–Crippen LogP) is 2.05. The van der Waals surface area contributed by atoms with Gasteiger partial charge in [-0.3, -0.25) is 0 Å². The Morgan fingerprint density at radius 3 is 2.58 bits per heavy atom. The van der Waals surface area contributed by atoms with Crippen LogP contribution < -0.4 is 14.8 Å². The Hall–Kier alpha value is -1.75. The summed E-state index contributed by atoms with van der Waals surface area (Å²) in [5.41, 5.74) is 0.876. The Morgan fingerprint density at radius 1 is 1.37 bits per heavy atom. The maximum atomic E-state index is 10.9. The van der Waals surface area contributed by atoms with Crippen LogP contribution in [0.5, 0.6) is 11.5 Å². The average Bonchev–Trinajstić information content (AvgIpc) is 2.36. The van der Waals surface area contributed by atoms with Gasteiger partial charge in [0.25, 0.3) is 0 Å². The molecule has 0 heterocycles. The van der Waals surface area contributed by atoms with Gasteiger partial charge in [0, 0.05) is 18.2 Å². The SMILES string of the molecule is COc1cccc(CNC(C)C)c1OC(C)C(=O)O. The van der Waals surface area contributed by atoms with Crippen molar-refractivity contribution in [3.05, 3.63) is 23.8 Å². The first-order chi connectivity index (χ1) is 8.95. The molecule has 19 heavy (non-hydrogen) atoms. The molecule has 0 aliphatic rings. The van der Waals surface area contributed by atoms with Gasteiger partial charge in [-0.2, -0.15) is 0 Å². The van der Waals surface area contributed by atoms with E-state index in [1.807, 2.05) is 26.0 Å². The minimum atomic E-state index is -1.01. The number of para-hydroxylation sites is 1. The highest BCUT2D eigenvalue weighted by Gasteiger charge is 2.18. The smallest absolute Gasteiger partial charge is 0.344 e. The number of carbonyl (C=O) groups is 1. The predicted molar refractivity (Wildman–Crippen MR) is 72.7 cm³/mol. The van der Waals surface area contributed by atoms with Crippen LogP contribution in [-0.2, 0) is 11.3 Å². The molecule has 0 bridgehead atoms. The van der Waals surface area contributed by atoms with Crippen molar-refractivity contribution >= 4 is 5.97 Å². The second kappa shape index (κ2) is 6.99. The van der Waals surface area contributed by atoms with Gasteiger partial charge in [0.1, 0.15) is 0 Å². The van der Waals surface area contributed by atoms with Crippen molar-refractivity contribution < 1.29 is 19.4 Å². The van der Waals surface area contributed by atoms with E-state index in [0.717, 1.165) is 5.56 Å². The van der Waals surface area contributed by atoms with Crippen LogP contribution in [0.15, 0.2) is 18.2 Å². The van der Waals surface area contributed by atoms with Gasteiger partial charge in [-0.1, -0.05) is 26.0 Å². The number of ether oxygens (including phenoxy) is 2. The number of aliphatic carboxylic acids is 1. The normalized spacial score (nSPS) is 12.3. The molecule has 1 rings (SSSR count). The number of hydrogen-bond donors (Lipinski definition) is 2. The van der Waals surface area contributed by atoms with E-state index in [0.29, 0.717) is 24.1 Å². The lowest BCUT2D eigenvalue weighted by molar-refractivity contribution is -0.144. The molecule has 2 N–H and O–H groups in total. The fourth-order valence-corrected chi connectivity index (χ4v) is 1.54. The van der Waals surface area contributed by atoms with Crippen molar-refractivity contribution in [2.75, 3.05) is 7.11 Å². The summed E-state index contributed by atoms with van der Waals surface area (Å²) in [4.78, 5) is 10.9. The summed E-state index contributed by atoms with van der Waals surface area (Å²) >= 11 is 0. The highest BCUT2D eigenvalue weighted by atomic mass is 16.5. The van der Waals surface area contributed by atoms with Crippen LogP contribution in [0.2, 0.25) is 0 Å². The minimum absolute atomic E-state index is 0.330. The number of carboxylic acids is 1. The van der Waals surface area contributed by atoms with Gasteiger partial charge in [-0.05, 0) is 13.0 Å². The van der Waals surface area contributed by atoms with Gasteiger partial charge in [0.2, 0.25) is 0 Å². The lowest BCUT2D eigenvalue weighted by Gasteiger charge is -2.18. The number of methoxy groups -OCH3 is 1. The molecule has 0 aromatic heterocycles. The van der Waals surface area contributed by atoms with Crippen LogP contribution in [0.4, 0.5) is 0 Å². The fourth-order valence-electron chi connectivity index (χ4n) is 1.54.